The Labute approximate surface area is 127 Å². The molecule has 0 spiro atoms. The third-order valence-electron chi connectivity index (χ3n) is 2.74. The largest absolute Gasteiger partial charge is 0.481 e. The van der Waals surface area contributed by atoms with E-state index in [0.717, 1.165) is 10.0 Å². The zero-order valence-electron chi connectivity index (χ0n) is 12.0. The maximum Gasteiger partial charge on any atom is 0.260 e. The van der Waals surface area contributed by atoms with Gasteiger partial charge in [-0.2, -0.15) is 0 Å². The van der Waals surface area contributed by atoms with Crippen molar-refractivity contribution in [2.24, 2.45) is 5.73 Å². The van der Waals surface area contributed by atoms with E-state index in [2.05, 4.69) is 21.2 Å². The molecule has 0 aromatic heterocycles. The van der Waals surface area contributed by atoms with E-state index < -0.39 is 6.10 Å². The van der Waals surface area contributed by atoms with Crippen LogP contribution in [0.4, 0.5) is 0 Å². The van der Waals surface area contributed by atoms with Crippen LogP contribution in [0.25, 0.3) is 0 Å². The molecule has 0 aliphatic rings. The van der Waals surface area contributed by atoms with Crippen LogP contribution in [0.15, 0.2) is 22.7 Å². The summed E-state index contributed by atoms with van der Waals surface area (Å²) in [7, 11) is 1.59. The predicted octanol–water partition coefficient (Wildman–Crippen LogP) is 2.00. The number of carbonyl (C=O) groups is 1. The normalized spacial score (nSPS) is 13.7. The van der Waals surface area contributed by atoms with Crippen molar-refractivity contribution in [1.29, 1.82) is 0 Å². The Hall–Kier alpha value is -1.11. The van der Waals surface area contributed by atoms with E-state index in [9.17, 15) is 4.79 Å². The Morgan fingerprint density at radius 3 is 2.75 bits per heavy atom. The first-order chi connectivity index (χ1) is 9.45. The second-order valence-electron chi connectivity index (χ2n) is 4.51. The minimum absolute atomic E-state index is 0.165. The maximum absolute atomic E-state index is 11.9. The first-order valence-corrected chi connectivity index (χ1v) is 7.23. The standard InChI is InChI=1S/C14H21BrN2O3/c1-9(16)12-5-4-11(15)8-13(12)20-10(2)14(18)17-6-7-19-3/h4-5,8-10H,6-7,16H2,1-3H3,(H,17,18). The van der Waals surface area contributed by atoms with Crippen LogP contribution in [0.2, 0.25) is 0 Å². The number of nitrogens with two attached hydrogens (primary N) is 1. The molecule has 1 aromatic carbocycles. The number of rotatable bonds is 7. The second-order valence-corrected chi connectivity index (χ2v) is 5.43. The highest BCUT2D eigenvalue weighted by Gasteiger charge is 2.17. The predicted molar refractivity (Wildman–Crippen MR) is 81.7 cm³/mol. The summed E-state index contributed by atoms with van der Waals surface area (Å²) >= 11 is 3.39. The molecule has 1 amide bonds. The summed E-state index contributed by atoms with van der Waals surface area (Å²) < 4.78 is 11.5. The Morgan fingerprint density at radius 2 is 2.15 bits per heavy atom. The quantitative estimate of drug-likeness (QED) is 0.742. The highest BCUT2D eigenvalue weighted by atomic mass is 79.9. The van der Waals surface area contributed by atoms with Gasteiger partial charge in [0.15, 0.2) is 6.10 Å². The van der Waals surface area contributed by atoms with Crippen LogP contribution < -0.4 is 15.8 Å². The highest BCUT2D eigenvalue weighted by Crippen LogP contribution is 2.28. The molecule has 0 saturated heterocycles. The zero-order chi connectivity index (χ0) is 15.1. The van der Waals surface area contributed by atoms with Gasteiger partial charge in [-0.05, 0) is 26.0 Å². The number of hydrogen-bond acceptors (Lipinski definition) is 4. The van der Waals surface area contributed by atoms with Gasteiger partial charge >= 0.3 is 0 Å². The third kappa shape index (κ3) is 5.11. The average molecular weight is 345 g/mol. The van der Waals surface area contributed by atoms with Gasteiger partial charge in [-0.1, -0.05) is 22.0 Å². The molecule has 0 fully saturated rings. The topological polar surface area (TPSA) is 73.6 Å². The Balaban J connectivity index is 2.71. The number of methoxy groups -OCH3 is 1. The van der Waals surface area contributed by atoms with Crippen molar-refractivity contribution < 1.29 is 14.3 Å². The molecule has 0 saturated carbocycles. The van der Waals surface area contributed by atoms with Gasteiger partial charge in [0.1, 0.15) is 5.75 Å². The summed E-state index contributed by atoms with van der Waals surface area (Å²) in [6, 6.07) is 5.44. The van der Waals surface area contributed by atoms with Crippen LogP contribution >= 0.6 is 15.9 Å². The number of hydrogen-bond donors (Lipinski definition) is 2. The van der Waals surface area contributed by atoms with Gasteiger partial charge in [0.25, 0.3) is 5.91 Å². The first-order valence-electron chi connectivity index (χ1n) is 6.44. The molecule has 0 aliphatic heterocycles. The lowest BCUT2D eigenvalue weighted by atomic mass is 10.1. The van der Waals surface area contributed by atoms with E-state index in [-0.39, 0.29) is 11.9 Å². The summed E-state index contributed by atoms with van der Waals surface area (Å²) in [6.07, 6.45) is -0.598. The van der Waals surface area contributed by atoms with Crippen LogP contribution in [0, 0.1) is 0 Å². The average Bonchev–Trinajstić information content (AvgIpc) is 2.38. The Bertz CT molecular complexity index is 452. The van der Waals surface area contributed by atoms with Gasteiger partial charge < -0.3 is 20.5 Å². The SMILES string of the molecule is COCCNC(=O)C(C)Oc1cc(Br)ccc1C(C)N. The fourth-order valence-corrected chi connectivity index (χ4v) is 1.99. The summed E-state index contributed by atoms with van der Waals surface area (Å²) in [5.74, 6) is 0.432. The van der Waals surface area contributed by atoms with Crippen LogP contribution in [0.1, 0.15) is 25.5 Å². The van der Waals surface area contributed by atoms with E-state index in [0.29, 0.717) is 18.9 Å². The van der Waals surface area contributed by atoms with Crippen LogP contribution in [0.5, 0.6) is 5.75 Å². The lowest BCUT2D eigenvalue weighted by Crippen LogP contribution is -2.38. The summed E-state index contributed by atoms with van der Waals surface area (Å²) in [4.78, 5) is 11.9. The second kappa shape index (κ2) is 8.24. The zero-order valence-corrected chi connectivity index (χ0v) is 13.6. The van der Waals surface area contributed by atoms with Gasteiger partial charge in [0.2, 0.25) is 0 Å². The molecule has 20 heavy (non-hydrogen) atoms. The first kappa shape index (κ1) is 16.9. The molecular formula is C14H21BrN2O3. The Morgan fingerprint density at radius 1 is 1.45 bits per heavy atom. The fourth-order valence-electron chi connectivity index (χ4n) is 1.65. The van der Waals surface area contributed by atoms with E-state index in [1.807, 2.05) is 25.1 Å². The minimum atomic E-state index is -0.598. The van der Waals surface area contributed by atoms with Crippen LogP contribution in [0.3, 0.4) is 0 Å². The molecule has 0 radical (unpaired) electrons. The molecule has 0 aliphatic carbocycles. The smallest absolute Gasteiger partial charge is 0.260 e. The molecule has 3 N–H and O–H groups in total. The number of ether oxygens (including phenoxy) is 2. The Kier molecular flexibility index (Phi) is 6.98. The molecule has 6 heteroatoms. The molecule has 0 bridgehead atoms. The lowest BCUT2D eigenvalue weighted by Gasteiger charge is -2.19. The van der Waals surface area contributed by atoms with Gasteiger partial charge in [-0.3, -0.25) is 4.79 Å². The number of carbonyl (C=O) groups excluding carboxylic acids is 1. The van der Waals surface area contributed by atoms with Crippen molar-refractivity contribution >= 4 is 21.8 Å². The van der Waals surface area contributed by atoms with Crippen molar-refractivity contribution in [2.75, 3.05) is 20.3 Å². The number of halogens is 1. The van der Waals surface area contributed by atoms with E-state index >= 15 is 0 Å². The van der Waals surface area contributed by atoms with E-state index in [4.69, 9.17) is 15.2 Å². The van der Waals surface area contributed by atoms with Crippen molar-refractivity contribution in [3.63, 3.8) is 0 Å². The molecular weight excluding hydrogens is 324 g/mol. The number of amides is 1. The lowest BCUT2D eigenvalue weighted by molar-refractivity contribution is -0.127. The van der Waals surface area contributed by atoms with Crippen LogP contribution in [-0.4, -0.2) is 32.3 Å². The van der Waals surface area contributed by atoms with Crippen molar-refractivity contribution in [2.45, 2.75) is 26.0 Å². The van der Waals surface area contributed by atoms with Gasteiger partial charge in [-0.15, -0.1) is 0 Å². The van der Waals surface area contributed by atoms with Crippen LogP contribution in [-0.2, 0) is 9.53 Å². The third-order valence-corrected chi connectivity index (χ3v) is 3.24. The highest BCUT2D eigenvalue weighted by molar-refractivity contribution is 9.10. The van der Waals surface area contributed by atoms with Gasteiger partial charge in [0.05, 0.1) is 6.61 Å². The maximum atomic E-state index is 11.9. The van der Waals surface area contributed by atoms with E-state index in [1.165, 1.54) is 0 Å². The fraction of sp³-hybridized carbons (Fsp3) is 0.500. The summed E-state index contributed by atoms with van der Waals surface area (Å²) in [5, 5.41) is 2.73. The van der Waals surface area contributed by atoms with Crippen molar-refractivity contribution in [3.8, 4) is 5.75 Å². The number of benzene rings is 1. The molecule has 2 unspecified atom stereocenters. The summed E-state index contributed by atoms with van der Waals surface area (Å²) in [5.41, 5.74) is 6.77. The molecule has 0 heterocycles. The monoisotopic (exact) mass is 344 g/mol. The molecule has 5 nitrogen and oxygen atoms in total. The number of nitrogens with one attached hydrogen (secondary N) is 1. The molecule has 2 atom stereocenters. The van der Waals surface area contributed by atoms with Gasteiger partial charge in [-0.25, -0.2) is 0 Å². The van der Waals surface area contributed by atoms with Crippen molar-refractivity contribution in [1.82, 2.24) is 5.32 Å². The van der Waals surface area contributed by atoms with Gasteiger partial charge in [0, 0.05) is 29.7 Å². The molecule has 112 valence electrons. The van der Waals surface area contributed by atoms with E-state index in [1.54, 1.807) is 14.0 Å². The van der Waals surface area contributed by atoms with Crippen molar-refractivity contribution in [3.05, 3.63) is 28.2 Å². The molecule has 1 aromatic rings. The molecule has 1 rings (SSSR count). The minimum Gasteiger partial charge on any atom is -0.481 e. The summed E-state index contributed by atoms with van der Waals surface area (Å²) in [6.45, 7) is 4.51.